The number of carbonyl (C=O) groups excluding carboxylic acids is 2. The molecule has 5 aromatic rings. The van der Waals surface area contributed by atoms with Crippen LogP contribution in [0.3, 0.4) is 0 Å². The Labute approximate surface area is 263 Å². The highest BCUT2D eigenvalue weighted by atomic mass is 32.2. The van der Waals surface area contributed by atoms with Crippen molar-refractivity contribution in [1.29, 1.82) is 0 Å². The Morgan fingerprint density at radius 1 is 0.800 bits per heavy atom. The van der Waals surface area contributed by atoms with Gasteiger partial charge in [-0.25, -0.2) is 18.0 Å². The molecule has 0 aromatic heterocycles. The Morgan fingerprint density at radius 2 is 1.49 bits per heavy atom. The summed E-state index contributed by atoms with van der Waals surface area (Å²) in [6.07, 6.45) is 0.836. The number of hydrogen-bond donors (Lipinski definition) is 2. The van der Waals surface area contributed by atoms with Crippen molar-refractivity contribution in [2.75, 3.05) is 5.32 Å². The van der Waals surface area contributed by atoms with Gasteiger partial charge in [0, 0.05) is 17.7 Å². The van der Waals surface area contributed by atoms with Crippen molar-refractivity contribution in [3.63, 3.8) is 0 Å². The van der Waals surface area contributed by atoms with Gasteiger partial charge in [0.25, 0.3) is 15.9 Å². The van der Waals surface area contributed by atoms with E-state index in [9.17, 15) is 18.0 Å². The number of nitrogens with one attached hydrogen (secondary N) is 2. The van der Waals surface area contributed by atoms with E-state index in [-0.39, 0.29) is 28.7 Å². The standard InChI is InChI=1S/C37H33N3O4S/c1-25(2)22-34(33-19-11-14-26-12-7-9-17-31(26)33)36(41)39-35-24-29(38-3)21-20-28(35)23-27-13-8-10-18-32(27)37(42)40-45(43,44)30-15-5-4-6-16-30/h4-21,24-25,34H,22-23H2,1-2H3,(H,39,41)(H,40,42). The third-order valence-corrected chi connectivity index (χ3v) is 8.97. The molecule has 0 spiro atoms. The zero-order valence-electron chi connectivity index (χ0n) is 25.0. The second-order valence-electron chi connectivity index (χ2n) is 11.3. The summed E-state index contributed by atoms with van der Waals surface area (Å²) in [5.41, 5.74) is 3.20. The van der Waals surface area contributed by atoms with E-state index >= 15 is 0 Å². The summed E-state index contributed by atoms with van der Waals surface area (Å²) in [5, 5.41) is 5.17. The van der Waals surface area contributed by atoms with Gasteiger partial charge >= 0.3 is 0 Å². The van der Waals surface area contributed by atoms with Gasteiger partial charge in [-0.05, 0) is 64.1 Å². The highest BCUT2D eigenvalue weighted by molar-refractivity contribution is 7.90. The molecule has 7 nitrogen and oxygen atoms in total. The van der Waals surface area contributed by atoms with E-state index in [1.54, 1.807) is 60.7 Å². The van der Waals surface area contributed by atoms with Crippen molar-refractivity contribution in [3.8, 4) is 0 Å². The summed E-state index contributed by atoms with van der Waals surface area (Å²) >= 11 is 0. The molecule has 0 aliphatic rings. The first-order chi connectivity index (χ1) is 21.7. The molecule has 8 heteroatoms. The van der Waals surface area contributed by atoms with Crippen LogP contribution < -0.4 is 10.0 Å². The molecule has 0 aliphatic heterocycles. The Balaban J connectivity index is 1.46. The third-order valence-electron chi connectivity index (χ3n) is 7.63. The van der Waals surface area contributed by atoms with Gasteiger partial charge in [-0.3, -0.25) is 9.59 Å². The highest BCUT2D eigenvalue weighted by Gasteiger charge is 2.25. The van der Waals surface area contributed by atoms with E-state index in [0.717, 1.165) is 16.3 Å². The molecule has 2 amide bonds. The molecule has 0 saturated carbocycles. The van der Waals surface area contributed by atoms with Gasteiger partial charge in [0.1, 0.15) is 0 Å². The molecule has 0 aliphatic carbocycles. The van der Waals surface area contributed by atoms with Crippen LogP contribution >= 0.6 is 0 Å². The fourth-order valence-electron chi connectivity index (χ4n) is 5.46. The molecule has 5 aromatic carbocycles. The minimum atomic E-state index is -4.08. The van der Waals surface area contributed by atoms with Gasteiger partial charge in [0.2, 0.25) is 5.91 Å². The van der Waals surface area contributed by atoms with Gasteiger partial charge in [0.05, 0.1) is 17.4 Å². The summed E-state index contributed by atoms with van der Waals surface area (Å²) in [7, 11) is -4.08. The summed E-state index contributed by atoms with van der Waals surface area (Å²) in [5.74, 6) is -1.15. The molecule has 2 N–H and O–H groups in total. The van der Waals surface area contributed by atoms with Gasteiger partial charge in [0.15, 0.2) is 5.69 Å². The Kier molecular flexibility index (Phi) is 9.41. The van der Waals surface area contributed by atoms with Crippen molar-refractivity contribution < 1.29 is 18.0 Å². The first-order valence-electron chi connectivity index (χ1n) is 14.7. The van der Waals surface area contributed by atoms with Crippen LogP contribution in [0.15, 0.2) is 120 Å². The maximum atomic E-state index is 14.0. The van der Waals surface area contributed by atoms with Crippen molar-refractivity contribution in [2.45, 2.75) is 37.5 Å². The number of sulfonamides is 1. The Bertz CT molecular complexity index is 2010. The number of amides is 2. The lowest BCUT2D eigenvalue weighted by Gasteiger charge is -2.22. The zero-order valence-corrected chi connectivity index (χ0v) is 25.8. The summed E-state index contributed by atoms with van der Waals surface area (Å²) in [6, 6.07) is 33.5. The molecule has 0 fully saturated rings. The fourth-order valence-corrected chi connectivity index (χ4v) is 6.45. The number of carbonyl (C=O) groups is 2. The van der Waals surface area contributed by atoms with Crippen molar-refractivity contribution in [3.05, 3.63) is 149 Å². The first kappa shape index (κ1) is 31.2. The number of fused-ring (bicyclic) bond motifs is 1. The van der Waals surface area contributed by atoms with Crippen LogP contribution in [0, 0.1) is 12.5 Å². The van der Waals surface area contributed by atoms with Crippen molar-refractivity contribution in [1.82, 2.24) is 4.72 Å². The van der Waals surface area contributed by atoms with Crippen molar-refractivity contribution >= 4 is 44.0 Å². The molecule has 226 valence electrons. The van der Waals surface area contributed by atoms with Crippen LogP contribution in [-0.4, -0.2) is 20.2 Å². The normalized spacial score (nSPS) is 12.0. The molecule has 1 unspecified atom stereocenters. The molecule has 5 rings (SSSR count). The smallest absolute Gasteiger partial charge is 0.265 e. The second-order valence-corrected chi connectivity index (χ2v) is 13.0. The van der Waals surface area contributed by atoms with E-state index in [4.69, 9.17) is 6.57 Å². The van der Waals surface area contributed by atoms with Crippen LogP contribution in [0.1, 0.15) is 53.2 Å². The van der Waals surface area contributed by atoms with Crippen LogP contribution in [0.25, 0.3) is 15.6 Å². The van der Waals surface area contributed by atoms with Crippen LogP contribution in [0.5, 0.6) is 0 Å². The average Bonchev–Trinajstić information content (AvgIpc) is 3.04. The lowest BCUT2D eigenvalue weighted by molar-refractivity contribution is -0.117. The molecule has 0 radical (unpaired) electrons. The average molecular weight is 616 g/mol. The predicted molar refractivity (Wildman–Crippen MR) is 178 cm³/mol. The minimum absolute atomic E-state index is 0.0160. The molecule has 0 heterocycles. The third kappa shape index (κ3) is 7.28. The molecule has 45 heavy (non-hydrogen) atoms. The first-order valence-corrected chi connectivity index (χ1v) is 16.1. The largest absolute Gasteiger partial charge is 0.326 e. The summed E-state index contributed by atoms with van der Waals surface area (Å²) < 4.78 is 27.9. The van der Waals surface area contributed by atoms with Crippen LogP contribution in [-0.2, 0) is 21.2 Å². The maximum Gasteiger partial charge on any atom is 0.265 e. The van der Waals surface area contributed by atoms with Gasteiger partial charge in [-0.15, -0.1) is 0 Å². The van der Waals surface area contributed by atoms with Gasteiger partial charge in [-0.2, -0.15) is 0 Å². The van der Waals surface area contributed by atoms with E-state index < -0.39 is 21.8 Å². The number of rotatable bonds is 10. The van der Waals surface area contributed by atoms with Gasteiger partial charge < -0.3 is 5.32 Å². The quantitative estimate of drug-likeness (QED) is 0.156. The fraction of sp³-hybridized carbons (Fsp3) is 0.162. The topological polar surface area (TPSA) is 96.7 Å². The highest BCUT2D eigenvalue weighted by Crippen LogP contribution is 2.33. The lowest BCUT2D eigenvalue weighted by Crippen LogP contribution is -2.31. The zero-order chi connectivity index (χ0) is 32.0. The molecule has 0 bridgehead atoms. The SMILES string of the molecule is [C-]#[N+]c1ccc(Cc2ccccc2C(=O)NS(=O)(=O)c2ccccc2)c(NC(=O)C(CC(C)C)c2cccc3ccccc23)c1. The van der Waals surface area contributed by atoms with Gasteiger partial charge in [-0.1, -0.05) is 105 Å². The number of anilines is 1. The molecule has 0 saturated heterocycles. The van der Waals surface area contributed by atoms with E-state index in [2.05, 4.69) is 28.7 Å². The van der Waals surface area contributed by atoms with E-state index in [0.29, 0.717) is 28.9 Å². The second kappa shape index (κ2) is 13.6. The monoisotopic (exact) mass is 615 g/mol. The molecular weight excluding hydrogens is 582 g/mol. The summed E-state index contributed by atoms with van der Waals surface area (Å²) in [4.78, 5) is 30.9. The maximum absolute atomic E-state index is 14.0. The van der Waals surface area contributed by atoms with E-state index in [1.165, 1.54) is 12.1 Å². The Morgan fingerprint density at radius 3 is 2.24 bits per heavy atom. The minimum Gasteiger partial charge on any atom is -0.326 e. The Hall–Kier alpha value is -5.26. The van der Waals surface area contributed by atoms with Crippen molar-refractivity contribution in [2.24, 2.45) is 5.92 Å². The number of nitrogens with zero attached hydrogens (tertiary/aromatic N) is 1. The number of hydrogen-bond acceptors (Lipinski definition) is 4. The summed E-state index contributed by atoms with van der Waals surface area (Å²) in [6.45, 7) is 11.7. The van der Waals surface area contributed by atoms with E-state index in [1.807, 2.05) is 42.5 Å². The van der Waals surface area contributed by atoms with Crippen LogP contribution in [0.4, 0.5) is 11.4 Å². The molecule has 1 atom stereocenters. The molecular formula is C37H33N3O4S. The lowest BCUT2D eigenvalue weighted by atomic mass is 9.86. The number of benzene rings is 5. The van der Waals surface area contributed by atoms with Crippen LogP contribution in [0.2, 0.25) is 0 Å². The predicted octanol–water partition coefficient (Wildman–Crippen LogP) is 7.87.